The second-order valence-corrected chi connectivity index (χ2v) is 5.73. The quantitative estimate of drug-likeness (QED) is 0.732. The Morgan fingerprint density at radius 3 is 2.56 bits per heavy atom. The van der Waals surface area contributed by atoms with E-state index in [0.717, 1.165) is 39.4 Å². The number of benzene rings is 2. The Hall–Kier alpha value is -3.45. The molecule has 0 amide bonds. The van der Waals surface area contributed by atoms with Crippen LogP contribution in [0.4, 0.5) is 0 Å². The lowest BCUT2D eigenvalue weighted by molar-refractivity contribution is 0.414. The number of aromatic nitrogens is 1. The van der Waals surface area contributed by atoms with E-state index in [2.05, 4.69) is 11.1 Å². The van der Waals surface area contributed by atoms with E-state index in [4.69, 9.17) is 15.0 Å². The molecule has 4 heteroatoms. The average Bonchev–Trinajstić information content (AvgIpc) is 3.12. The second-order valence-electron chi connectivity index (χ2n) is 5.73. The summed E-state index contributed by atoms with van der Waals surface area (Å²) in [5.41, 5.74) is 6.62. The summed E-state index contributed by atoms with van der Waals surface area (Å²) in [6.45, 7) is 0.562. The van der Waals surface area contributed by atoms with Gasteiger partial charge in [0, 0.05) is 17.3 Å². The fourth-order valence-corrected chi connectivity index (χ4v) is 3.15. The maximum Gasteiger partial charge on any atom is 0.128 e. The first-order valence-electron chi connectivity index (χ1n) is 7.98. The molecule has 2 heterocycles. The van der Waals surface area contributed by atoms with Crippen LogP contribution in [0.3, 0.4) is 0 Å². The van der Waals surface area contributed by atoms with Gasteiger partial charge in [0.2, 0.25) is 0 Å². The number of rotatable bonds is 3. The molecule has 0 unspecified atom stereocenters. The number of methoxy groups -OCH3 is 1. The van der Waals surface area contributed by atoms with Gasteiger partial charge in [-0.15, -0.1) is 0 Å². The predicted molar refractivity (Wildman–Crippen MR) is 96.7 cm³/mol. The van der Waals surface area contributed by atoms with Crippen LogP contribution in [0.5, 0.6) is 5.75 Å². The summed E-state index contributed by atoms with van der Waals surface area (Å²) < 4.78 is 5.51. The van der Waals surface area contributed by atoms with Gasteiger partial charge in [0.15, 0.2) is 0 Å². The summed E-state index contributed by atoms with van der Waals surface area (Å²) in [6, 6.07) is 19.6. The predicted octanol–water partition coefficient (Wildman–Crippen LogP) is 3.98. The lowest BCUT2D eigenvalue weighted by atomic mass is 9.93. The number of nitriles is 1. The molecule has 4 rings (SSSR count). The molecule has 25 heavy (non-hydrogen) atoms. The molecular weight excluding hydrogens is 310 g/mol. The van der Waals surface area contributed by atoms with Gasteiger partial charge in [0.1, 0.15) is 5.75 Å². The molecule has 1 aromatic heterocycles. The van der Waals surface area contributed by atoms with Crippen LogP contribution in [-0.4, -0.2) is 17.8 Å². The van der Waals surface area contributed by atoms with E-state index >= 15 is 0 Å². The average molecular weight is 325 g/mol. The fraction of sp³-hybridized carbons (Fsp3) is 0.0952. The molecule has 1 aliphatic heterocycles. The SMILES string of the molecule is COc1ccccc1C1=NCc2nccc(-c3ccc(C#N)cc3)c21. The monoisotopic (exact) mass is 325 g/mol. The second kappa shape index (κ2) is 6.21. The van der Waals surface area contributed by atoms with Crippen LogP contribution in [0.2, 0.25) is 0 Å². The summed E-state index contributed by atoms with van der Waals surface area (Å²) in [5, 5.41) is 9.01. The Balaban J connectivity index is 1.88. The number of hydrogen-bond donors (Lipinski definition) is 0. The minimum atomic E-state index is 0.562. The summed E-state index contributed by atoms with van der Waals surface area (Å²) in [4.78, 5) is 9.23. The van der Waals surface area contributed by atoms with Crippen LogP contribution in [-0.2, 0) is 6.54 Å². The molecule has 0 saturated carbocycles. The first kappa shape index (κ1) is 15.1. The molecule has 3 aromatic rings. The van der Waals surface area contributed by atoms with Crippen molar-refractivity contribution in [2.24, 2.45) is 4.99 Å². The highest BCUT2D eigenvalue weighted by Crippen LogP contribution is 2.34. The Labute approximate surface area is 146 Å². The third kappa shape index (κ3) is 2.56. The summed E-state index contributed by atoms with van der Waals surface area (Å²) in [7, 11) is 1.67. The molecule has 0 aliphatic carbocycles. The molecule has 0 bridgehead atoms. The zero-order chi connectivity index (χ0) is 17.2. The van der Waals surface area contributed by atoms with Gasteiger partial charge < -0.3 is 4.74 Å². The van der Waals surface area contributed by atoms with Crippen LogP contribution in [0.25, 0.3) is 11.1 Å². The Kier molecular flexibility index (Phi) is 3.75. The highest BCUT2D eigenvalue weighted by molar-refractivity contribution is 6.19. The van der Waals surface area contributed by atoms with Crippen molar-refractivity contribution >= 4 is 5.71 Å². The highest BCUT2D eigenvalue weighted by Gasteiger charge is 2.24. The van der Waals surface area contributed by atoms with Crippen molar-refractivity contribution < 1.29 is 4.74 Å². The zero-order valence-electron chi connectivity index (χ0n) is 13.7. The molecule has 1 aliphatic rings. The summed E-state index contributed by atoms with van der Waals surface area (Å²) >= 11 is 0. The van der Waals surface area contributed by atoms with Crippen molar-refractivity contribution in [3.63, 3.8) is 0 Å². The van der Waals surface area contributed by atoms with Crippen LogP contribution in [0.1, 0.15) is 22.4 Å². The minimum Gasteiger partial charge on any atom is -0.496 e. The topological polar surface area (TPSA) is 58.3 Å². The molecule has 0 N–H and O–H groups in total. The van der Waals surface area contributed by atoms with Crippen LogP contribution >= 0.6 is 0 Å². The molecule has 2 aromatic carbocycles. The molecule has 4 nitrogen and oxygen atoms in total. The molecule has 0 fully saturated rings. The lowest BCUT2D eigenvalue weighted by Crippen LogP contribution is -2.06. The van der Waals surface area contributed by atoms with E-state index in [9.17, 15) is 0 Å². The van der Waals surface area contributed by atoms with Crippen molar-refractivity contribution in [1.29, 1.82) is 5.26 Å². The van der Waals surface area contributed by atoms with Gasteiger partial charge in [-0.2, -0.15) is 5.26 Å². The third-order valence-electron chi connectivity index (χ3n) is 4.34. The number of pyridine rings is 1. The van der Waals surface area contributed by atoms with E-state index in [-0.39, 0.29) is 0 Å². The van der Waals surface area contributed by atoms with Gasteiger partial charge in [-0.1, -0.05) is 24.3 Å². The maximum atomic E-state index is 9.01. The van der Waals surface area contributed by atoms with Crippen LogP contribution < -0.4 is 4.74 Å². The van der Waals surface area contributed by atoms with Gasteiger partial charge in [-0.3, -0.25) is 9.98 Å². The Morgan fingerprint density at radius 2 is 1.80 bits per heavy atom. The van der Waals surface area contributed by atoms with E-state index in [0.29, 0.717) is 12.1 Å². The van der Waals surface area contributed by atoms with E-state index < -0.39 is 0 Å². The molecule has 120 valence electrons. The number of fused-ring (bicyclic) bond motifs is 1. The van der Waals surface area contributed by atoms with E-state index in [1.165, 1.54) is 0 Å². The van der Waals surface area contributed by atoms with Crippen LogP contribution in [0.15, 0.2) is 65.8 Å². The molecule has 0 atom stereocenters. The van der Waals surface area contributed by atoms with Crippen molar-refractivity contribution in [2.45, 2.75) is 6.54 Å². The highest BCUT2D eigenvalue weighted by atomic mass is 16.5. The molecule has 0 saturated heterocycles. The van der Waals surface area contributed by atoms with Crippen molar-refractivity contribution in [3.05, 3.63) is 83.2 Å². The number of ether oxygens (including phenoxy) is 1. The third-order valence-corrected chi connectivity index (χ3v) is 4.34. The largest absolute Gasteiger partial charge is 0.496 e. The standard InChI is InChI=1S/C21H15N3O/c1-25-19-5-3-2-4-17(19)21-20-16(10-11-23-18(20)13-24-21)15-8-6-14(12-22)7-9-15/h2-11H,13H2,1H3. The number of nitrogens with zero attached hydrogens (tertiary/aromatic N) is 3. The Morgan fingerprint density at radius 1 is 1.00 bits per heavy atom. The summed E-state index contributed by atoms with van der Waals surface area (Å²) in [5.74, 6) is 0.795. The van der Waals surface area contributed by atoms with E-state index in [1.807, 2.05) is 60.8 Å². The fourth-order valence-electron chi connectivity index (χ4n) is 3.15. The van der Waals surface area contributed by atoms with Crippen molar-refractivity contribution in [2.75, 3.05) is 7.11 Å². The molecule has 0 radical (unpaired) electrons. The van der Waals surface area contributed by atoms with Gasteiger partial charge >= 0.3 is 0 Å². The molecule has 0 spiro atoms. The van der Waals surface area contributed by atoms with Gasteiger partial charge in [-0.25, -0.2) is 0 Å². The number of para-hydroxylation sites is 1. The maximum absolute atomic E-state index is 9.01. The van der Waals surface area contributed by atoms with Crippen molar-refractivity contribution in [1.82, 2.24) is 4.98 Å². The number of aliphatic imine (C=N–C) groups is 1. The lowest BCUT2D eigenvalue weighted by Gasteiger charge is -2.13. The van der Waals surface area contributed by atoms with Crippen LogP contribution in [0, 0.1) is 11.3 Å². The zero-order valence-corrected chi connectivity index (χ0v) is 13.7. The van der Waals surface area contributed by atoms with Crippen molar-refractivity contribution in [3.8, 4) is 22.9 Å². The first-order chi connectivity index (χ1) is 12.3. The number of hydrogen-bond acceptors (Lipinski definition) is 4. The van der Waals surface area contributed by atoms with E-state index in [1.54, 1.807) is 7.11 Å². The molecular formula is C21H15N3O. The van der Waals surface area contributed by atoms with Gasteiger partial charge in [0.05, 0.1) is 36.7 Å². The van der Waals surface area contributed by atoms with Gasteiger partial charge in [-0.05, 0) is 41.5 Å². The normalized spacial score (nSPS) is 12.2. The smallest absolute Gasteiger partial charge is 0.128 e. The Bertz CT molecular complexity index is 1010. The van der Waals surface area contributed by atoms with Gasteiger partial charge in [0.25, 0.3) is 0 Å². The first-order valence-corrected chi connectivity index (χ1v) is 7.98. The summed E-state index contributed by atoms with van der Waals surface area (Å²) in [6.07, 6.45) is 1.81. The minimum absolute atomic E-state index is 0.562.